The maximum atomic E-state index is 5.48. The van der Waals surface area contributed by atoms with E-state index >= 15 is 0 Å². The van der Waals surface area contributed by atoms with Gasteiger partial charge in [-0.05, 0) is 31.8 Å². The molecule has 0 radical (unpaired) electrons. The number of thiocarbonyl (C=S) groups is 1. The average molecular weight is 279 g/mol. The van der Waals surface area contributed by atoms with Crippen LogP contribution in [0.3, 0.4) is 0 Å². The van der Waals surface area contributed by atoms with Crippen LogP contribution in [-0.2, 0) is 0 Å². The number of likely N-dealkylation sites (tertiary alicyclic amines) is 1. The fraction of sp³-hybridized carbons (Fsp3) is 0.615. The Morgan fingerprint density at radius 3 is 2.74 bits per heavy atom. The zero-order valence-corrected chi connectivity index (χ0v) is 12.1. The summed E-state index contributed by atoms with van der Waals surface area (Å²) in [5.74, 6) is 1.36. The largest absolute Gasteiger partial charge is 0.388 e. The molecule has 0 amide bonds. The molecule has 19 heavy (non-hydrogen) atoms. The summed E-state index contributed by atoms with van der Waals surface area (Å²) in [6.07, 6.45) is 5.96. The van der Waals surface area contributed by atoms with Crippen molar-refractivity contribution in [3.05, 3.63) is 18.1 Å². The highest BCUT2D eigenvalue weighted by Gasteiger charge is 2.14. The summed E-state index contributed by atoms with van der Waals surface area (Å²) in [6.45, 7) is 6.78. The first kappa shape index (κ1) is 14.1. The van der Waals surface area contributed by atoms with Gasteiger partial charge in [0.1, 0.15) is 16.5 Å². The highest BCUT2D eigenvalue weighted by molar-refractivity contribution is 7.80. The van der Waals surface area contributed by atoms with Crippen molar-refractivity contribution in [1.29, 1.82) is 0 Å². The third-order valence-corrected chi connectivity index (χ3v) is 3.51. The molecule has 2 heterocycles. The average Bonchev–Trinajstić information content (AvgIpc) is 2.89. The molecule has 0 spiro atoms. The van der Waals surface area contributed by atoms with Crippen LogP contribution in [0.4, 0.5) is 5.82 Å². The molecule has 5 nitrogen and oxygen atoms in total. The topological polar surface area (TPSA) is 67.1 Å². The smallest absolute Gasteiger partial charge is 0.144 e. The number of nitrogens with two attached hydrogens (primary N) is 1. The fourth-order valence-corrected chi connectivity index (χ4v) is 2.40. The Balaban J connectivity index is 1.76. The van der Waals surface area contributed by atoms with Crippen molar-refractivity contribution in [3.63, 3.8) is 0 Å². The van der Waals surface area contributed by atoms with E-state index in [-0.39, 0.29) is 4.99 Å². The van der Waals surface area contributed by atoms with E-state index in [1.165, 1.54) is 25.9 Å². The number of hydrogen-bond acceptors (Lipinski definition) is 5. The van der Waals surface area contributed by atoms with E-state index in [0.717, 1.165) is 18.9 Å². The van der Waals surface area contributed by atoms with Crippen LogP contribution in [0, 0.1) is 5.92 Å². The van der Waals surface area contributed by atoms with Gasteiger partial charge in [0.2, 0.25) is 0 Å². The van der Waals surface area contributed by atoms with Gasteiger partial charge in [-0.25, -0.2) is 9.97 Å². The van der Waals surface area contributed by atoms with E-state index in [1.807, 2.05) is 0 Å². The zero-order chi connectivity index (χ0) is 13.7. The SMILES string of the molecule is CC(CNc1cnc(C(N)=S)cn1)CN1CCCC1. The molecular weight excluding hydrogens is 258 g/mol. The van der Waals surface area contributed by atoms with E-state index in [9.17, 15) is 0 Å². The molecule has 1 saturated heterocycles. The van der Waals surface area contributed by atoms with E-state index in [0.29, 0.717) is 11.6 Å². The van der Waals surface area contributed by atoms with Crippen molar-refractivity contribution >= 4 is 23.0 Å². The number of hydrogen-bond donors (Lipinski definition) is 2. The molecule has 0 aromatic carbocycles. The van der Waals surface area contributed by atoms with Crippen LogP contribution < -0.4 is 11.1 Å². The van der Waals surface area contributed by atoms with Crippen LogP contribution in [0.2, 0.25) is 0 Å². The number of rotatable bonds is 6. The van der Waals surface area contributed by atoms with E-state index in [2.05, 4.69) is 27.1 Å². The molecule has 104 valence electrons. The van der Waals surface area contributed by atoms with Gasteiger partial charge < -0.3 is 16.0 Å². The van der Waals surface area contributed by atoms with Gasteiger partial charge in [0.05, 0.1) is 12.4 Å². The lowest BCUT2D eigenvalue weighted by Crippen LogP contribution is -2.29. The minimum absolute atomic E-state index is 0.279. The second-order valence-electron chi connectivity index (χ2n) is 5.14. The van der Waals surface area contributed by atoms with Crippen LogP contribution in [0.1, 0.15) is 25.5 Å². The zero-order valence-electron chi connectivity index (χ0n) is 11.3. The Bertz CT molecular complexity index is 414. The predicted molar refractivity (Wildman–Crippen MR) is 81.2 cm³/mol. The lowest BCUT2D eigenvalue weighted by Gasteiger charge is -2.20. The third kappa shape index (κ3) is 4.40. The van der Waals surface area contributed by atoms with Crippen molar-refractivity contribution < 1.29 is 0 Å². The van der Waals surface area contributed by atoms with E-state index in [1.54, 1.807) is 12.4 Å². The van der Waals surface area contributed by atoms with Crippen LogP contribution in [0.15, 0.2) is 12.4 Å². The fourth-order valence-electron chi connectivity index (χ4n) is 2.30. The highest BCUT2D eigenvalue weighted by atomic mass is 32.1. The van der Waals surface area contributed by atoms with Gasteiger partial charge in [-0.1, -0.05) is 19.1 Å². The standard InChI is InChI=1S/C13H21N5S/c1-10(9-18-4-2-3-5-18)6-16-12-8-15-11(7-17-12)13(14)19/h7-8,10H,2-6,9H2,1H3,(H2,14,19)(H,16,17). The summed E-state index contributed by atoms with van der Waals surface area (Å²) >= 11 is 4.84. The molecule has 1 aliphatic heterocycles. The Labute approximate surface area is 119 Å². The molecule has 0 aliphatic carbocycles. The first-order valence-electron chi connectivity index (χ1n) is 6.73. The normalized spacial score (nSPS) is 17.3. The van der Waals surface area contributed by atoms with Gasteiger partial charge in [0.15, 0.2) is 0 Å². The molecule has 0 saturated carbocycles. The number of nitrogens with zero attached hydrogens (tertiary/aromatic N) is 3. The number of aromatic nitrogens is 2. The number of anilines is 1. The summed E-state index contributed by atoms with van der Waals surface area (Å²) in [4.78, 5) is 11.2. The van der Waals surface area contributed by atoms with Crippen LogP contribution in [0.25, 0.3) is 0 Å². The minimum atomic E-state index is 0.279. The second-order valence-corrected chi connectivity index (χ2v) is 5.58. The maximum Gasteiger partial charge on any atom is 0.144 e. The van der Waals surface area contributed by atoms with Crippen molar-refractivity contribution in [2.45, 2.75) is 19.8 Å². The van der Waals surface area contributed by atoms with Crippen molar-refractivity contribution in [1.82, 2.24) is 14.9 Å². The summed E-state index contributed by atoms with van der Waals surface area (Å²) in [5.41, 5.74) is 6.04. The van der Waals surface area contributed by atoms with Crippen molar-refractivity contribution in [2.24, 2.45) is 11.7 Å². The van der Waals surface area contributed by atoms with Gasteiger partial charge in [-0.3, -0.25) is 0 Å². The maximum absolute atomic E-state index is 5.48. The van der Waals surface area contributed by atoms with E-state index < -0.39 is 0 Å². The molecule has 1 unspecified atom stereocenters. The Morgan fingerprint density at radius 2 is 2.16 bits per heavy atom. The highest BCUT2D eigenvalue weighted by Crippen LogP contribution is 2.11. The molecule has 3 N–H and O–H groups in total. The number of nitrogens with one attached hydrogen (secondary N) is 1. The molecule has 0 bridgehead atoms. The summed E-state index contributed by atoms with van der Waals surface area (Å²) in [5, 5.41) is 3.30. The first-order valence-corrected chi connectivity index (χ1v) is 7.14. The molecular formula is C13H21N5S. The second kappa shape index (κ2) is 6.77. The predicted octanol–water partition coefficient (Wildman–Crippen LogP) is 1.25. The molecule has 1 aromatic rings. The third-order valence-electron chi connectivity index (χ3n) is 3.30. The summed E-state index contributed by atoms with van der Waals surface area (Å²) < 4.78 is 0. The molecule has 1 aliphatic rings. The molecule has 1 fully saturated rings. The summed E-state index contributed by atoms with van der Waals surface area (Å²) in [6, 6.07) is 0. The lowest BCUT2D eigenvalue weighted by molar-refractivity contribution is 0.294. The van der Waals surface area contributed by atoms with Gasteiger partial charge in [0, 0.05) is 13.1 Å². The monoisotopic (exact) mass is 279 g/mol. The van der Waals surface area contributed by atoms with E-state index in [4.69, 9.17) is 18.0 Å². The molecule has 1 aromatic heterocycles. The van der Waals surface area contributed by atoms with Gasteiger partial charge >= 0.3 is 0 Å². The van der Waals surface area contributed by atoms with Crippen LogP contribution >= 0.6 is 12.2 Å². The Hall–Kier alpha value is -1.27. The molecule has 6 heteroatoms. The van der Waals surface area contributed by atoms with Gasteiger partial charge in [-0.2, -0.15) is 0 Å². The van der Waals surface area contributed by atoms with Crippen LogP contribution in [-0.4, -0.2) is 46.0 Å². The lowest BCUT2D eigenvalue weighted by atomic mass is 10.1. The Kier molecular flexibility index (Phi) is 5.04. The molecule has 2 rings (SSSR count). The van der Waals surface area contributed by atoms with Crippen LogP contribution in [0.5, 0.6) is 0 Å². The quantitative estimate of drug-likeness (QED) is 0.764. The summed E-state index contributed by atoms with van der Waals surface area (Å²) in [7, 11) is 0. The molecule has 1 atom stereocenters. The van der Waals surface area contributed by atoms with Crippen molar-refractivity contribution in [2.75, 3.05) is 31.5 Å². The van der Waals surface area contributed by atoms with Gasteiger partial charge in [0.25, 0.3) is 0 Å². The van der Waals surface area contributed by atoms with Crippen molar-refractivity contribution in [3.8, 4) is 0 Å². The first-order chi connectivity index (χ1) is 9.15. The van der Waals surface area contributed by atoms with Gasteiger partial charge in [-0.15, -0.1) is 0 Å². The minimum Gasteiger partial charge on any atom is -0.388 e. The Morgan fingerprint density at radius 1 is 1.42 bits per heavy atom.